The molecular weight excluding hydrogens is 280 g/mol. The zero-order valence-electron chi connectivity index (χ0n) is 13.0. The number of hydrogen-bond donors (Lipinski definition) is 1. The molecule has 0 bridgehead atoms. The number of nitrogens with one attached hydrogen (secondary N) is 1. The van der Waals surface area contributed by atoms with Gasteiger partial charge in [-0.05, 0) is 32.1 Å². The van der Waals surface area contributed by atoms with E-state index in [-0.39, 0.29) is 17.4 Å². The molecule has 3 aliphatic rings. The first-order valence-electron chi connectivity index (χ1n) is 8.60. The lowest BCUT2D eigenvalue weighted by Crippen LogP contribution is -2.55. The second-order valence-electron chi connectivity index (χ2n) is 6.95. The van der Waals surface area contributed by atoms with Crippen molar-refractivity contribution in [2.75, 3.05) is 19.7 Å². The van der Waals surface area contributed by atoms with E-state index in [1.165, 1.54) is 19.3 Å². The Labute approximate surface area is 130 Å². The lowest BCUT2D eigenvalue weighted by Gasteiger charge is -2.45. The van der Waals surface area contributed by atoms with Crippen LogP contribution in [0.15, 0.2) is 0 Å². The molecule has 1 spiro atoms. The van der Waals surface area contributed by atoms with Crippen LogP contribution in [-0.4, -0.2) is 51.5 Å². The molecule has 120 valence electrons. The maximum Gasteiger partial charge on any atom is 0.232 e. The highest BCUT2D eigenvalue weighted by atomic mass is 16.5. The zero-order chi connectivity index (χ0) is 15.0. The van der Waals surface area contributed by atoms with E-state index in [1.807, 2.05) is 4.90 Å². The van der Waals surface area contributed by atoms with Crippen molar-refractivity contribution in [3.05, 3.63) is 11.4 Å². The van der Waals surface area contributed by atoms with Crippen molar-refractivity contribution in [3.8, 4) is 0 Å². The van der Waals surface area contributed by atoms with Crippen molar-refractivity contribution >= 4 is 5.91 Å². The minimum Gasteiger partial charge on any atom is -0.371 e. The van der Waals surface area contributed by atoms with Gasteiger partial charge in [0, 0.05) is 13.1 Å². The summed E-state index contributed by atoms with van der Waals surface area (Å²) in [5.41, 5.74) is 1.78. The smallest absolute Gasteiger partial charge is 0.232 e. The fourth-order valence-electron chi connectivity index (χ4n) is 4.33. The second-order valence-corrected chi connectivity index (χ2v) is 6.95. The van der Waals surface area contributed by atoms with Gasteiger partial charge in [0.2, 0.25) is 5.91 Å². The van der Waals surface area contributed by atoms with Crippen LogP contribution in [0, 0.1) is 0 Å². The second kappa shape index (κ2) is 5.65. The summed E-state index contributed by atoms with van der Waals surface area (Å²) in [5.74, 6) is 0.115. The Bertz CT molecular complexity index is 545. The Morgan fingerprint density at radius 3 is 2.95 bits per heavy atom. The average molecular weight is 304 g/mol. The maximum atomic E-state index is 13.0. The molecule has 2 aliphatic carbocycles. The van der Waals surface area contributed by atoms with Crippen LogP contribution in [-0.2, 0) is 16.0 Å². The first-order chi connectivity index (χ1) is 10.8. The van der Waals surface area contributed by atoms with E-state index in [1.54, 1.807) is 0 Å². The molecule has 4 rings (SSSR count). The van der Waals surface area contributed by atoms with E-state index in [2.05, 4.69) is 15.4 Å². The lowest BCUT2D eigenvalue weighted by atomic mass is 9.82. The standard InChI is InChI=1S/C16H24N4O2/c21-15(12-5-4-6-13-14(12)18-19-17-13)20-9-10-22-16(11-20)7-2-1-3-8-16/h12H,1-11H2,(H,17,18,19)/t12-/m0/s1. The molecule has 1 N–H and O–H groups in total. The third-order valence-electron chi connectivity index (χ3n) is 5.51. The molecule has 1 aliphatic heterocycles. The van der Waals surface area contributed by atoms with Gasteiger partial charge in [-0.15, -0.1) is 0 Å². The number of rotatable bonds is 1. The van der Waals surface area contributed by atoms with Crippen molar-refractivity contribution in [2.24, 2.45) is 0 Å². The summed E-state index contributed by atoms with van der Waals surface area (Å²) < 4.78 is 6.10. The summed E-state index contributed by atoms with van der Waals surface area (Å²) in [5, 5.41) is 11.1. The van der Waals surface area contributed by atoms with Crippen molar-refractivity contribution in [1.29, 1.82) is 0 Å². The molecule has 6 nitrogen and oxygen atoms in total. The van der Waals surface area contributed by atoms with E-state index < -0.39 is 0 Å². The number of amides is 1. The molecule has 2 fully saturated rings. The highest BCUT2D eigenvalue weighted by molar-refractivity contribution is 5.84. The molecule has 1 amide bonds. The molecule has 1 saturated heterocycles. The molecule has 0 aromatic carbocycles. The number of H-pyrrole nitrogens is 1. The molecule has 1 atom stereocenters. The molecule has 2 heterocycles. The Balaban J connectivity index is 1.51. The molecule has 1 aromatic heterocycles. The fraction of sp³-hybridized carbons (Fsp3) is 0.812. The van der Waals surface area contributed by atoms with Gasteiger partial charge in [-0.3, -0.25) is 4.79 Å². The van der Waals surface area contributed by atoms with Crippen molar-refractivity contribution in [2.45, 2.75) is 62.9 Å². The minimum absolute atomic E-state index is 0.0759. The van der Waals surface area contributed by atoms with Gasteiger partial charge >= 0.3 is 0 Å². The van der Waals surface area contributed by atoms with E-state index in [9.17, 15) is 4.79 Å². The number of carbonyl (C=O) groups excluding carboxylic acids is 1. The number of nitrogens with zero attached hydrogens (tertiary/aromatic N) is 3. The fourth-order valence-corrected chi connectivity index (χ4v) is 4.33. The van der Waals surface area contributed by atoms with Crippen LogP contribution in [0.1, 0.15) is 62.3 Å². The number of aryl methyl sites for hydroxylation is 1. The molecule has 0 unspecified atom stereocenters. The van der Waals surface area contributed by atoms with Gasteiger partial charge in [-0.1, -0.05) is 19.3 Å². The van der Waals surface area contributed by atoms with E-state index in [0.717, 1.165) is 50.0 Å². The summed E-state index contributed by atoms with van der Waals surface area (Å²) in [6.07, 6.45) is 8.77. The largest absolute Gasteiger partial charge is 0.371 e. The molecule has 6 heteroatoms. The van der Waals surface area contributed by atoms with Crippen LogP contribution in [0.3, 0.4) is 0 Å². The molecular formula is C16H24N4O2. The maximum absolute atomic E-state index is 13.0. The Morgan fingerprint density at radius 1 is 1.23 bits per heavy atom. The van der Waals surface area contributed by atoms with Gasteiger partial charge < -0.3 is 9.64 Å². The summed E-state index contributed by atoms with van der Waals surface area (Å²) in [6, 6.07) is 0. The van der Waals surface area contributed by atoms with Gasteiger partial charge in [0.15, 0.2) is 0 Å². The topological polar surface area (TPSA) is 71.1 Å². The van der Waals surface area contributed by atoms with E-state index in [0.29, 0.717) is 13.2 Å². The Hall–Kier alpha value is -1.43. The van der Waals surface area contributed by atoms with Gasteiger partial charge in [0.1, 0.15) is 0 Å². The van der Waals surface area contributed by atoms with Crippen molar-refractivity contribution < 1.29 is 9.53 Å². The van der Waals surface area contributed by atoms with Crippen molar-refractivity contribution in [1.82, 2.24) is 20.3 Å². The highest BCUT2D eigenvalue weighted by Gasteiger charge is 2.41. The zero-order valence-corrected chi connectivity index (χ0v) is 13.0. The third-order valence-corrected chi connectivity index (χ3v) is 5.51. The van der Waals surface area contributed by atoms with Crippen LogP contribution in [0.2, 0.25) is 0 Å². The monoisotopic (exact) mass is 304 g/mol. The van der Waals surface area contributed by atoms with Gasteiger partial charge in [0.05, 0.1) is 29.5 Å². The number of ether oxygens (including phenoxy) is 1. The minimum atomic E-state index is -0.110. The van der Waals surface area contributed by atoms with E-state index in [4.69, 9.17) is 4.74 Å². The summed E-state index contributed by atoms with van der Waals surface area (Å²) >= 11 is 0. The number of aromatic nitrogens is 3. The predicted octanol–water partition coefficient (Wildman–Crippen LogP) is 1.79. The number of carbonyl (C=O) groups is 1. The molecule has 22 heavy (non-hydrogen) atoms. The number of hydrogen-bond acceptors (Lipinski definition) is 4. The third kappa shape index (κ3) is 2.43. The van der Waals surface area contributed by atoms with Gasteiger partial charge in [0.25, 0.3) is 0 Å². The van der Waals surface area contributed by atoms with Crippen LogP contribution in [0.4, 0.5) is 0 Å². The first-order valence-corrected chi connectivity index (χ1v) is 8.60. The lowest BCUT2D eigenvalue weighted by molar-refractivity contribution is -0.158. The Kier molecular flexibility index (Phi) is 3.64. The number of fused-ring (bicyclic) bond motifs is 1. The number of morpholine rings is 1. The summed E-state index contributed by atoms with van der Waals surface area (Å²) in [4.78, 5) is 15.1. The molecule has 1 aromatic rings. The normalized spacial score (nSPS) is 27.6. The average Bonchev–Trinajstić information content (AvgIpc) is 3.03. The van der Waals surface area contributed by atoms with Crippen LogP contribution >= 0.6 is 0 Å². The van der Waals surface area contributed by atoms with Crippen molar-refractivity contribution in [3.63, 3.8) is 0 Å². The Morgan fingerprint density at radius 2 is 2.09 bits per heavy atom. The van der Waals surface area contributed by atoms with Gasteiger partial charge in [-0.2, -0.15) is 15.4 Å². The van der Waals surface area contributed by atoms with Crippen LogP contribution in [0.25, 0.3) is 0 Å². The molecule has 0 radical (unpaired) electrons. The highest BCUT2D eigenvalue weighted by Crippen LogP contribution is 2.36. The van der Waals surface area contributed by atoms with Gasteiger partial charge in [-0.25, -0.2) is 0 Å². The SMILES string of the molecule is O=C([C@H]1CCCc2n[nH]nc21)N1CCOC2(CCCCC2)C1. The van der Waals surface area contributed by atoms with Crippen LogP contribution in [0.5, 0.6) is 0 Å². The number of aromatic amines is 1. The first kappa shape index (κ1) is 14.2. The summed E-state index contributed by atoms with van der Waals surface area (Å²) in [6.45, 7) is 2.14. The predicted molar refractivity (Wildman–Crippen MR) is 80.4 cm³/mol. The van der Waals surface area contributed by atoms with E-state index >= 15 is 0 Å². The molecule has 1 saturated carbocycles. The quantitative estimate of drug-likeness (QED) is 0.858. The van der Waals surface area contributed by atoms with Crippen LogP contribution < -0.4 is 0 Å². The summed E-state index contributed by atoms with van der Waals surface area (Å²) in [7, 11) is 0.